The topological polar surface area (TPSA) is 80.9 Å². The number of aryl methyl sites for hydroxylation is 3. The maximum absolute atomic E-state index is 6.39. The van der Waals surface area contributed by atoms with Crippen LogP contribution in [0.4, 0.5) is 5.69 Å². The number of hydrogen-bond acceptors (Lipinski definition) is 4. The van der Waals surface area contributed by atoms with Gasteiger partial charge in [0.1, 0.15) is 0 Å². The highest BCUT2D eigenvalue weighted by Gasteiger charge is 2.23. The van der Waals surface area contributed by atoms with Crippen LogP contribution in [0.5, 0.6) is 11.5 Å². The summed E-state index contributed by atoms with van der Waals surface area (Å²) in [5.41, 5.74) is 12.2. The Hall–Kier alpha value is -2.73. The van der Waals surface area contributed by atoms with Crippen LogP contribution in [0.1, 0.15) is 47.9 Å². The van der Waals surface area contributed by atoms with Gasteiger partial charge >= 0.3 is 0 Å². The number of nitrogens with two attached hydrogens (primary N) is 1. The molecule has 4 rings (SSSR count). The van der Waals surface area contributed by atoms with E-state index in [1.807, 2.05) is 18.2 Å². The lowest BCUT2D eigenvalue weighted by atomic mass is 9.91. The molecule has 2 aliphatic rings. The molecule has 160 valence electrons. The highest BCUT2D eigenvalue weighted by atomic mass is 16.7. The molecule has 1 heterocycles. The summed E-state index contributed by atoms with van der Waals surface area (Å²) in [4.78, 5) is 4.89. The van der Waals surface area contributed by atoms with E-state index in [4.69, 9.17) is 20.2 Å². The summed E-state index contributed by atoms with van der Waals surface area (Å²) in [6.45, 7) is 7.20. The van der Waals surface area contributed by atoms with E-state index in [1.165, 1.54) is 29.5 Å². The molecule has 0 amide bonds. The average Bonchev–Trinajstić information content (AvgIpc) is 3.18. The Balaban J connectivity index is 1.57. The predicted molar refractivity (Wildman–Crippen MR) is 121 cm³/mol. The second kappa shape index (κ2) is 8.96. The maximum Gasteiger partial charge on any atom is 0.231 e. The van der Waals surface area contributed by atoms with Crippen LogP contribution < -0.4 is 25.8 Å². The SMILES string of the molecule is Cc1cc(C)c(NC(=NCc2ccc3c(c2)OCO3)N[C@H]2CCCC[C@@H]2N)c(C)c1. The molecule has 4 N–H and O–H groups in total. The lowest BCUT2D eigenvalue weighted by Crippen LogP contribution is -2.51. The van der Waals surface area contributed by atoms with Crippen LogP contribution >= 0.6 is 0 Å². The third-order valence-corrected chi connectivity index (χ3v) is 5.92. The summed E-state index contributed by atoms with van der Waals surface area (Å²) in [6, 6.07) is 10.7. The summed E-state index contributed by atoms with van der Waals surface area (Å²) < 4.78 is 10.9. The number of nitrogens with one attached hydrogen (secondary N) is 2. The van der Waals surface area contributed by atoms with Gasteiger partial charge in [0.2, 0.25) is 6.79 Å². The van der Waals surface area contributed by atoms with Crippen LogP contribution in [0.3, 0.4) is 0 Å². The van der Waals surface area contributed by atoms with Crippen LogP contribution in [0.25, 0.3) is 0 Å². The van der Waals surface area contributed by atoms with Gasteiger partial charge < -0.3 is 25.8 Å². The fraction of sp³-hybridized carbons (Fsp3) is 0.458. The van der Waals surface area contributed by atoms with Gasteiger partial charge in [0.05, 0.1) is 6.54 Å². The van der Waals surface area contributed by atoms with Gasteiger partial charge in [-0.3, -0.25) is 0 Å². The smallest absolute Gasteiger partial charge is 0.231 e. The zero-order valence-electron chi connectivity index (χ0n) is 18.1. The lowest BCUT2D eigenvalue weighted by Gasteiger charge is -2.31. The van der Waals surface area contributed by atoms with Crippen molar-refractivity contribution in [2.45, 2.75) is 65.1 Å². The standard InChI is InChI=1S/C24H32N4O2/c1-15-10-16(2)23(17(3)11-15)28-24(27-20-7-5-4-6-19(20)25)26-13-18-8-9-21-22(12-18)30-14-29-21/h8-12,19-20H,4-7,13-14,25H2,1-3H3,(H2,26,27,28)/t19-,20-/m0/s1. The minimum absolute atomic E-state index is 0.150. The molecular formula is C24H32N4O2. The molecule has 0 spiro atoms. The molecule has 6 nitrogen and oxygen atoms in total. The Labute approximate surface area is 178 Å². The fourth-order valence-corrected chi connectivity index (χ4v) is 4.34. The summed E-state index contributed by atoms with van der Waals surface area (Å²) >= 11 is 0. The molecule has 0 radical (unpaired) electrons. The minimum atomic E-state index is 0.150. The van der Waals surface area contributed by atoms with E-state index < -0.39 is 0 Å². The summed E-state index contributed by atoms with van der Waals surface area (Å²) in [5.74, 6) is 2.34. The second-order valence-corrected chi connectivity index (χ2v) is 8.45. The van der Waals surface area contributed by atoms with Crippen molar-refractivity contribution in [1.29, 1.82) is 0 Å². The first-order valence-electron chi connectivity index (χ1n) is 10.8. The van der Waals surface area contributed by atoms with Gasteiger partial charge in [-0.05, 0) is 62.4 Å². The molecule has 2 aromatic carbocycles. The first kappa shape index (κ1) is 20.5. The van der Waals surface area contributed by atoms with E-state index in [9.17, 15) is 0 Å². The number of rotatable bonds is 4. The molecule has 0 unspecified atom stereocenters. The van der Waals surface area contributed by atoms with E-state index in [2.05, 4.69) is 43.5 Å². The van der Waals surface area contributed by atoms with E-state index >= 15 is 0 Å². The van der Waals surface area contributed by atoms with Gasteiger partial charge in [0.15, 0.2) is 17.5 Å². The van der Waals surface area contributed by atoms with Crippen molar-refractivity contribution in [2.24, 2.45) is 10.7 Å². The van der Waals surface area contributed by atoms with E-state index in [0.29, 0.717) is 6.54 Å². The molecular weight excluding hydrogens is 376 g/mol. The van der Waals surface area contributed by atoms with Gasteiger partial charge in [-0.2, -0.15) is 0 Å². The molecule has 30 heavy (non-hydrogen) atoms. The van der Waals surface area contributed by atoms with Crippen molar-refractivity contribution in [2.75, 3.05) is 12.1 Å². The van der Waals surface area contributed by atoms with Crippen molar-refractivity contribution in [3.8, 4) is 11.5 Å². The molecule has 1 saturated carbocycles. The third kappa shape index (κ3) is 4.70. The van der Waals surface area contributed by atoms with Crippen molar-refractivity contribution in [1.82, 2.24) is 5.32 Å². The van der Waals surface area contributed by atoms with Crippen molar-refractivity contribution >= 4 is 11.6 Å². The summed E-state index contributed by atoms with van der Waals surface area (Å²) in [6.07, 6.45) is 4.52. The number of anilines is 1. The molecule has 0 saturated heterocycles. The molecule has 1 aliphatic heterocycles. The molecule has 6 heteroatoms. The minimum Gasteiger partial charge on any atom is -0.454 e. The summed E-state index contributed by atoms with van der Waals surface area (Å²) in [7, 11) is 0. The van der Waals surface area contributed by atoms with Crippen molar-refractivity contribution in [3.63, 3.8) is 0 Å². The van der Waals surface area contributed by atoms with Crippen LogP contribution in [0, 0.1) is 20.8 Å². The van der Waals surface area contributed by atoms with Gasteiger partial charge in [0, 0.05) is 17.8 Å². The van der Waals surface area contributed by atoms with Gasteiger partial charge in [0.25, 0.3) is 0 Å². The Morgan fingerprint density at radius 2 is 1.77 bits per heavy atom. The molecule has 2 aromatic rings. The second-order valence-electron chi connectivity index (χ2n) is 8.45. The van der Waals surface area contributed by atoms with Gasteiger partial charge in [-0.25, -0.2) is 4.99 Å². The van der Waals surface area contributed by atoms with Crippen LogP contribution in [-0.4, -0.2) is 24.8 Å². The highest BCUT2D eigenvalue weighted by Crippen LogP contribution is 2.32. The van der Waals surface area contributed by atoms with E-state index in [0.717, 1.165) is 41.6 Å². The Morgan fingerprint density at radius 1 is 1.03 bits per heavy atom. The Kier molecular flexibility index (Phi) is 6.13. The summed E-state index contributed by atoms with van der Waals surface area (Å²) in [5, 5.41) is 7.16. The maximum atomic E-state index is 6.39. The van der Waals surface area contributed by atoms with E-state index in [-0.39, 0.29) is 18.9 Å². The number of hydrogen-bond donors (Lipinski definition) is 3. The van der Waals surface area contributed by atoms with Gasteiger partial charge in [-0.15, -0.1) is 0 Å². The van der Waals surface area contributed by atoms with Gasteiger partial charge in [-0.1, -0.05) is 36.6 Å². The van der Waals surface area contributed by atoms with Crippen LogP contribution in [-0.2, 0) is 6.54 Å². The number of benzene rings is 2. The van der Waals surface area contributed by atoms with Crippen molar-refractivity contribution in [3.05, 3.63) is 52.6 Å². The molecule has 1 aliphatic carbocycles. The third-order valence-electron chi connectivity index (χ3n) is 5.92. The zero-order chi connectivity index (χ0) is 21.1. The normalized spacial score (nSPS) is 20.9. The zero-order valence-corrected chi connectivity index (χ0v) is 18.1. The number of ether oxygens (including phenoxy) is 2. The first-order chi connectivity index (χ1) is 14.5. The lowest BCUT2D eigenvalue weighted by molar-refractivity contribution is 0.174. The number of aliphatic imine (C=N–C) groups is 1. The monoisotopic (exact) mass is 408 g/mol. The van der Waals surface area contributed by atoms with Crippen LogP contribution in [0.15, 0.2) is 35.3 Å². The Bertz CT molecular complexity index is 918. The highest BCUT2D eigenvalue weighted by molar-refractivity contribution is 5.95. The first-order valence-corrected chi connectivity index (χ1v) is 10.8. The number of nitrogens with zero attached hydrogens (tertiary/aromatic N) is 1. The number of fused-ring (bicyclic) bond motifs is 1. The molecule has 0 aromatic heterocycles. The largest absolute Gasteiger partial charge is 0.454 e. The Morgan fingerprint density at radius 3 is 2.53 bits per heavy atom. The quantitative estimate of drug-likeness (QED) is 0.523. The molecule has 0 bridgehead atoms. The molecule has 1 fully saturated rings. The number of guanidine groups is 1. The average molecular weight is 409 g/mol. The van der Waals surface area contributed by atoms with Crippen molar-refractivity contribution < 1.29 is 9.47 Å². The van der Waals surface area contributed by atoms with Crippen LogP contribution in [0.2, 0.25) is 0 Å². The van der Waals surface area contributed by atoms with E-state index in [1.54, 1.807) is 0 Å². The predicted octanol–water partition coefficient (Wildman–Crippen LogP) is 4.17. The fourth-order valence-electron chi connectivity index (χ4n) is 4.34. The molecule has 2 atom stereocenters.